The smallest absolute Gasteiger partial charge is 0.251 e. The molecule has 0 saturated carbocycles. The number of carbonyl (C=O) groups is 2. The van der Waals surface area contributed by atoms with Crippen molar-refractivity contribution >= 4 is 29.3 Å². The zero-order valence-corrected chi connectivity index (χ0v) is 19.2. The summed E-state index contributed by atoms with van der Waals surface area (Å²) < 4.78 is 1.80. The highest BCUT2D eigenvalue weighted by molar-refractivity contribution is 7.99. The summed E-state index contributed by atoms with van der Waals surface area (Å²) in [4.78, 5) is 24.8. The van der Waals surface area contributed by atoms with Crippen LogP contribution in [0.1, 0.15) is 45.8 Å². The quantitative estimate of drug-likeness (QED) is 0.546. The number of aryl methyl sites for hydroxylation is 3. The number of carbonyl (C=O) groups excluding carboxylic acids is 2. The normalized spacial score (nSPS) is 11.8. The van der Waals surface area contributed by atoms with Gasteiger partial charge < -0.3 is 15.2 Å². The summed E-state index contributed by atoms with van der Waals surface area (Å²) in [6, 6.07) is 13.0. The van der Waals surface area contributed by atoms with Crippen LogP contribution in [0.3, 0.4) is 0 Å². The lowest BCUT2D eigenvalue weighted by molar-refractivity contribution is -0.113. The molecule has 2 N–H and O–H groups in total. The van der Waals surface area contributed by atoms with Gasteiger partial charge in [0, 0.05) is 18.3 Å². The number of rotatable bonds is 7. The van der Waals surface area contributed by atoms with E-state index in [0.29, 0.717) is 16.5 Å². The van der Waals surface area contributed by atoms with E-state index in [-0.39, 0.29) is 23.6 Å². The largest absolute Gasteiger partial charge is 0.342 e. The maximum Gasteiger partial charge on any atom is 0.251 e. The van der Waals surface area contributed by atoms with Gasteiger partial charge in [0.05, 0.1) is 11.8 Å². The molecule has 3 rings (SSSR count). The molecular formula is C23H27N5O2S. The van der Waals surface area contributed by atoms with Crippen LogP contribution in [0.4, 0.5) is 5.69 Å². The van der Waals surface area contributed by atoms with Crippen LogP contribution < -0.4 is 10.6 Å². The van der Waals surface area contributed by atoms with E-state index in [2.05, 4.69) is 20.8 Å². The summed E-state index contributed by atoms with van der Waals surface area (Å²) >= 11 is 1.30. The topological polar surface area (TPSA) is 88.9 Å². The molecule has 7 nitrogen and oxygen atoms in total. The molecule has 0 saturated heterocycles. The molecule has 0 aliphatic heterocycles. The Kier molecular flexibility index (Phi) is 7.12. The second-order valence-electron chi connectivity index (χ2n) is 7.62. The Balaban J connectivity index is 1.58. The third-order valence-corrected chi connectivity index (χ3v) is 5.93. The fraction of sp³-hybridized carbons (Fsp3) is 0.304. The third kappa shape index (κ3) is 5.73. The number of anilines is 1. The Labute approximate surface area is 186 Å². The predicted octanol–water partition coefficient (Wildman–Crippen LogP) is 3.96. The monoisotopic (exact) mass is 437 g/mol. The number of hydrogen-bond donors (Lipinski definition) is 2. The molecule has 0 radical (unpaired) electrons. The summed E-state index contributed by atoms with van der Waals surface area (Å²) in [5, 5.41) is 14.9. The Morgan fingerprint density at radius 3 is 2.39 bits per heavy atom. The minimum absolute atomic E-state index is 0.109. The van der Waals surface area contributed by atoms with E-state index in [4.69, 9.17) is 0 Å². The highest BCUT2D eigenvalue weighted by Gasteiger charge is 2.19. The van der Waals surface area contributed by atoms with Crippen LogP contribution in [0.15, 0.2) is 47.6 Å². The van der Waals surface area contributed by atoms with Gasteiger partial charge >= 0.3 is 0 Å². The molecule has 0 fully saturated rings. The van der Waals surface area contributed by atoms with Crippen molar-refractivity contribution in [3.63, 3.8) is 0 Å². The predicted molar refractivity (Wildman–Crippen MR) is 123 cm³/mol. The molecular weight excluding hydrogens is 410 g/mol. The van der Waals surface area contributed by atoms with E-state index in [9.17, 15) is 9.59 Å². The molecule has 0 aliphatic carbocycles. The Hall–Kier alpha value is -3.13. The number of hydrogen-bond acceptors (Lipinski definition) is 5. The van der Waals surface area contributed by atoms with Gasteiger partial charge in [0.2, 0.25) is 5.91 Å². The SMILES string of the molecule is Cc1ccc(C(=O)NC(C)c2nnc(SCC(=O)Nc3ccc(C)cc3C)n2C)cc1. The first-order chi connectivity index (χ1) is 14.7. The summed E-state index contributed by atoms with van der Waals surface area (Å²) in [6.07, 6.45) is 0. The Morgan fingerprint density at radius 2 is 1.71 bits per heavy atom. The van der Waals surface area contributed by atoms with Crippen molar-refractivity contribution in [3.8, 4) is 0 Å². The molecule has 2 aromatic carbocycles. The van der Waals surface area contributed by atoms with Crippen LogP contribution in [0.25, 0.3) is 0 Å². The van der Waals surface area contributed by atoms with E-state index in [1.165, 1.54) is 11.8 Å². The van der Waals surface area contributed by atoms with Gasteiger partial charge in [-0.05, 0) is 51.5 Å². The molecule has 31 heavy (non-hydrogen) atoms. The lowest BCUT2D eigenvalue weighted by atomic mass is 10.1. The Bertz CT molecular complexity index is 1090. The van der Waals surface area contributed by atoms with E-state index in [1.807, 2.05) is 65.1 Å². The molecule has 8 heteroatoms. The molecule has 162 valence electrons. The van der Waals surface area contributed by atoms with Gasteiger partial charge in [0.25, 0.3) is 5.91 Å². The lowest BCUT2D eigenvalue weighted by Gasteiger charge is -2.14. The number of nitrogens with zero attached hydrogens (tertiary/aromatic N) is 3. The molecule has 0 bridgehead atoms. The van der Waals surface area contributed by atoms with Gasteiger partial charge in [-0.15, -0.1) is 10.2 Å². The summed E-state index contributed by atoms with van der Waals surface area (Å²) in [7, 11) is 1.83. The third-order valence-electron chi connectivity index (χ3n) is 4.91. The zero-order valence-electron chi connectivity index (χ0n) is 18.4. The lowest BCUT2D eigenvalue weighted by Crippen LogP contribution is -2.28. The van der Waals surface area contributed by atoms with E-state index < -0.39 is 0 Å². The highest BCUT2D eigenvalue weighted by atomic mass is 32.2. The molecule has 1 atom stereocenters. The number of thioether (sulfide) groups is 1. The van der Waals surface area contributed by atoms with Crippen LogP contribution >= 0.6 is 11.8 Å². The van der Waals surface area contributed by atoms with Crippen LogP contribution in [-0.2, 0) is 11.8 Å². The minimum Gasteiger partial charge on any atom is -0.342 e. The van der Waals surface area contributed by atoms with Crippen molar-refractivity contribution in [1.29, 1.82) is 0 Å². The van der Waals surface area contributed by atoms with Gasteiger partial charge in [0.1, 0.15) is 0 Å². The fourth-order valence-corrected chi connectivity index (χ4v) is 3.87. The molecule has 1 heterocycles. The van der Waals surface area contributed by atoms with Crippen LogP contribution in [0.5, 0.6) is 0 Å². The zero-order chi connectivity index (χ0) is 22.5. The maximum absolute atomic E-state index is 12.5. The average Bonchev–Trinajstić information content (AvgIpc) is 3.09. The molecule has 2 amide bonds. The van der Waals surface area contributed by atoms with Crippen LogP contribution in [0, 0.1) is 20.8 Å². The molecule has 3 aromatic rings. The van der Waals surface area contributed by atoms with E-state index >= 15 is 0 Å². The van der Waals surface area contributed by atoms with Crippen molar-refractivity contribution in [1.82, 2.24) is 20.1 Å². The molecule has 1 unspecified atom stereocenters. The van der Waals surface area contributed by atoms with Gasteiger partial charge in [-0.1, -0.05) is 47.2 Å². The minimum atomic E-state index is -0.329. The van der Waals surface area contributed by atoms with Crippen molar-refractivity contribution < 1.29 is 9.59 Å². The number of nitrogens with one attached hydrogen (secondary N) is 2. The standard InChI is InChI=1S/C23H27N5O2S/c1-14-6-9-18(10-7-14)22(30)24-17(4)21-26-27-23(28(21)5)31-13-20(29)25-19-11-8-15(2)12-16(19)3/h6-12,17H,13H2,1-5H3,(H,24,30)(H,25,29). The van der Waals surface area contributed by atoms with E-state index in [0.717, 1.165) is 22.4 Å². The summed E-state index contributed by atoms with van der Waals surface area (Å²) in [5.74, 6) is 0.557. The van der Waals surface area contributed by atoms with Gasteiger partial charge in [-0.2, -0.15) is 0 Å². The van der Waals surface area contributed by atoms with Gasteiger partial charge in [-0.3, -0.25) is 9.59 Å². The molecule has 0 spiro atoms. The van der Waals surface area contributed by atoms with Crippen molar-refractivity contribution in [2.24, 2.45) is 7.05 Å². The van der Waals surface area contributed by atoms with Crippen molar-refractivity contribution in [2.75, 3.05) is 11.1 Å². The second kappa shape index (κ2) is 9.78. The first kappa shape index (κ1) is 22.6. The van der Waals surface area contributed by atoms with E-state index in [1.54, 1.807) is 16.7 Å². The first-order valence-electron chi connectivity index (χ1n) is 10.0. The van der Waals surface area contributed by atoms with Crippen molar-refractivity contribution in [3.05, 3.63) is 70.5 Å². The van der Waals surface area contributed by atoms with Gasteiger partial charge in [0.15, 0.2) is 11.0 Å². The Morgan fingerprint density at radius 1 is 1.03 bits per heavy atom. The maximum atomic E-state index is 12.5. The molecule has 0 aliphatic rings. The second-order valence-corrected chi connectivity index (χ2v) is 8.56. The summed E-state index contributed by atoms with van der Waals surface area (Å²) in [6.45, 7) is 7.82. The average molecular weight is 438 g/mol. The van der Waals surface area contributed by atoms with Crippen LogP contribution in [-0.4, -0.2) is 32.3 Å². The van der Waals surface area contributed by atoms with Crippen molar-refractivity contribution in [2.45, 2.75) is 38.9 Å². The number of benzene rings is 2. The fourth-order valence-electron chi connectivity index (χ4n) is 3.15. The van der Waals surface area contributed by atoms with Crippen LogP contribution in [0.2, 0.25) is 0 Å². The molecule has 1 aromatic heterocycles. The first-order valence-corrected chi connectivity index (χ1v) is 11.0. The number of amides is 2. The summed E-state index contributed by atoms with van der Waals surface area (Å²) in [5.41, 5.74) is 4.68. The highest BCUT2D eigenvalue weighted by Crippen LogP contribution is 2.21. The number of aromatic nitrogens is 3. The van der Waals surface area contributed by atoms with Gasteiger partial charge in [-0.25, -0.2) is 0 Å².